The van der Waals surface area contributed by atoms with E-state index in [1.807, 2.05) is 20.8 Å². The third-order valence-electron chi connectivity index (χ3n) is 0.813. The highest BCUT2D eigenvalue weighted by Crippen LogP contribution is 2.10. The molecule has 0 rings (SSSR count). The maximum Gasteiger partial charge on any atom is 0.280 e. The summed E-state index contributed by atoms with van der Waals surface area (Å²) in [5.74, 6) is 0. The Bertz CT molecular complexity index is 202. The van der Waals surface area contributed by atoms with Crippen LogP contribution >= 0.6 is 0 Å². The first kappa shape index (κ1) is 10.9. The maximum atomic E-state index is 10.4. The number of nitrogens with one attached hydrogen (secondary N) is 1. The lowest BCUT2D eigenvalue weighted by Gasteiger charge is -2.17. The van der Waals surface area contributed by atoms with Crippen molar-refractivity contribution in [3.63, 3.8) is 0 Å². The van der Waals surface area contributed by atoms with Crippen LogP contribution in [0.5, 0.6) is 0 Å². The summed E-state index contributed by atoms with van der Waals surface area (Å²) in [4.78, 5) is 0. The van der Waals surface area contributed by atoms with Crippen LogP contribution in [0.15, 0.2) is 0 Å². The molecule has 0 aliphatic rings. The van der Waals surface area contributed by atoms with Crippen LogP contribution in [-0.4, -0.2) is 21.2 Å². The number of rotatable bonds is 3. The van der Waals surface area contributed by atoms with Gasteiger partial charge in [0.15, 0.2) is 0 Å². The van der Waals surface area contributed by atoms with E-state index in [0.717, 1.165) is 6.26 Å². The second-order valence-electron chi connectivity index (χ2n) is 3.67. The van der Waals surface area contributed by atoms with E-state index in [4.69, 9.17) is 0 Å². The molecule has 0 aliphatic heterocycles. The van der Waals surface area contributed by atoms with Crippen LogP contribution in [-0.2, 0) is 14.4 Å². The first-order chi connectivity index (χ1) is 4.71. The molecular formula is C6H15NO3S. The molecule has 0 bridgehead atoms. The highest BCUT2D eigenvalue weighted by molar-refractivity contribution is 7.85. The first-order valence-electron chi connectivity index (χ1n) is 3.32. The standard InChI is InChI=1S/C6H15NO3S/c1-6(2,3)5-7-10-11(4,8)9/h7H,5H2,1-4H3. The molecule has 0 amide bonds. The van der Waals surface area contributed by atoms with E-state index in [9.17, 15) is 8.42 Å². The van der Waals surface area contributed by atoms with Crippen LogP contribution < -0.4 is 5.48 Å². The van der Waals surface area contributed by atoms with Crippen molar-refractivity contribution in [1.29, 1.82) is 0 Å². The van der Waals surface area contributed by atoms with Crippen molar-refractivity contribution >= 4 is 10.1 Å². The zero-order chi connectivity index (χ0) is 9.12. The van der Waals surface area contributed by atoms with Gasteiger partial charge in [0, 0.05) is 6.54 Å². The van der Waals surface area contributed by atoms with Crippen LogP contribution in [0, 0.1) is 5.41 Å². The Hall–Kier alpha value is -0.130. The molecule has 1 N–H and O–H groups in total. The van der Waals surface area contributed by atoms with Crippen LogP contribution in [0.25, 0.3) is 0 Å². The summed E-state index contributed by atoms with van der Waals surface area (Å²) >= 11 is 0. The highest BCUT2D eigenvalue weighted by atomic mass is 32.2. The number of hydrogen-bond donors (Lipinski definition) is 1. The minimum atomic E-state index is -3.36. The second-order valence-corrected chi connectivity index (χ2v) is 5.24. The highest BCUT2D eigenvalue weighted by Gasteiger charge is 2.10. The predicted molar refractivity (Wildman–Crippen MR) is 43.4 cm³/mol. The quantitative estimate of drug-likeness (QED) is 0.645. The molecular weight excluding hydrogens is 166 g/mol. The fourth-order valence-corrected chi connectivity index (χ4v) is 0.626. The van der Waals surface area contributed by atoms with Crippen molar-refractivity contribution in [2.75, 3.05) is 12.8 Å². The molecule has 0 aliphatic carbocycles. The Kier molecular flexibility index (Phi) is 3.47. The average Bonchev–Trinajstić information content (AvgIpc) is 1.55. The molecule has 11 heavy (non-hydrogen) atoms. The lowest BCUT2D eigenvalue weighted by atomic mass is 9.98. The van der Waals surface area contributed by atoms with E-state index in [0.29, 0.717) is 6.54 Å². The van der Waals surface area contributed by atoms with E-state index >= 15 is 0 Å². The van der Waals surface area contributed by atoms with Gasteiger partial charge in [0.25, 0.3) is 10.1 Å². The van der Waals surface area contributed by atoms with Crippen LogP contribution in [0.3, 0.4) is 0 Å². The van der Waals surface area contributed by atoms with Gasteiger partial charge in [0.1, 0.15) is 0 Å². The Morgan fingerprint density at radius 1 is 1.36 bits per heavy atom. The third kappa shape index (κ3) is 9.87. The van der Waals surface area contributed by atoms with Crippen molar-refractivity contribution in [2.45, 2.75) is 20.8 Å². The van der Waals surface area contributed by atoms with Crippen LogP contribution in [0.1, 0.15) is 20.8 Å². The number of hydrogen-bond acceptors (Lipinski definition) is 4. The van der Waals surface area contributed by atoms with E-state index in [2.05, 4.69) is 9.76 Å². The van der Waals surface area contributed by atoms with E-state index in [1.54, 1.807) is 0 Å². The van der Waals surface area contributed by atoms with Gasteiger partial charge in [-0.05, 0) is 5.41 Å². The lowest BCUT2D eigenvalue weighted by molar-refractivity contribution is 0.165. The van der Waals surface area contributed by atoms with Gasteiger partial charge in [-0.25, -0.2) is 0 Å². The summed E-state index contributed by atoms with van der Waals surface area (Å²) in [6, 6.07) is 0. The summed E-state index contributed by atoms with van der Waals surface area (Å²) in [5.41, 5.74) is 2.40. The molecule has 0 aromatic rings. The molecule has 0 spiro atoms. The van der Waals surface area contributed by atoms with E-state index in [1.165, 1.54) is 0 Å². The molecule has 0 fully saturated rings. The molecule has 5 heteroatoms. The molecule has 0 atom stereocenters. The van der Waals surface area contributed by atoms with Gasteiger partial charge in [0.05, 0.1) is 6.26 Å². The monoisotopic (exact) mass is 181 g/mol. The molecule has 0 saturated heterocycles. The molecule has 0 radical (unpaired) electrons. The van der Waals surface area contributed by atoms with Crippen LogP contribution in [0.2, 0.25) is 0 Å². The topological polar surface area (TPSA) is 55.4 Å². The summed E-state index contributed by atoms with van der Waals surface area (Å²) in [5, 5.41) is 0. The van der Waals surface area contributed by atoms with E-state index in [-0.39, 0.29) is 5.41 Å². The van der Waals surface area contributed by atoms with Gasteiger partial charge in [-0.3, -0.25) is 0 Å². The van der Waals surface area contributed by atoms with Gasteiger partial charge in [-0.15, -0.1) is 0 Å². The predicted octanol–water partition coefficient (Wildman–Crippen LogP) is 0.513. The van der Waals surface area contributed by atoms with Gasteiger partial charge >= 0.3 is 0 Å². The summed E-state index contributed by atoms with van der Waals surface area (Å²) in [7, 11) is -3.36. The zero-order valence-corrected chi connectivity index (χ0v) is 8.16. The third-order valence-corrected chi connectivity index (χ3v) is 1.23. The minimum absolute atomic E-state index is 0.0185. The summed E-state index contributed by atoms with van der Waals surface area (Å²) in [6.07, 6.45) is 1.00. The largest absolute Gasteiger partial charge is 0.280 e. The smallest absolute Gasteiger partial charge is 0.198 e. The minimum Gasteiger partial charge on any atom is -0.198 e. The molecule has 0 heterocycles. The fraction of sp³-hybridized carbons (Fsp3) is 1.00. The fourth-order valence-electron chi connectivity index (χ4n) is 0.353. The van der Waals surface area contributed by atoms with Crippen molar-refractivity contribution < 1.29 is 12.7 Å². The van der Waals surface area contributed by atoms with Crippen molar-refractivity contribution in [2.24, 2.45) is 5.41 Å². The van der Waals surface area contributed by atoms with Crippen molar-refractivity contribution in [1.82, 2.24) is 5.48 Å². The summed E-state index contributed by atoms with van der Waals surface area (Å²) in [6.45, 7) is 6.43. The Balaban J connectivity index is 3.61. The SMILES string of the molecule is CC(C)(C)CNOS(C)(=O)=O. The van der Waals surface area contributed by atoms with Crippen molar-refractivity contribution in [3.05, 3.63) is 0 Å². The van der Waals surface area contributed by atoms with E-state index < -0.39 is 10.1 Å². The Labute approximate surface area is 68.0 Å². The molecule has 68 valence electrons. The number of hydroxylamine groups is 1. The lowest BCUT2D eigenvalue weighted by Crippen LogP contribution is -2.28. The molecule has 4 nitrogen and oxygen atoms in total. The Morgan fingerprint density at radius 2 is 1.82 bits per heavy atom. The second kappa shape index (κ2) is 3.51. The average molecular weight is 181 g/mol. The van der Waals surface area contributed by atoms with Gasteiger partial charge in [-0.2, -0.15) is 18.2 Å². The molecule has 0 aromatic carbocycles. The zero-order valence-electron chi connectivity index (χ0n) is 7.34. The van der Waals surface area contributed by atoms with Crippen molar-refractivity contribution in [3.8, 4) is 0 Å². The Morgan fingerprint density at radius 3 is 2.09 bits per heavy atom. The van der Waals surface area contributed by atoms with Gasteiger partial charge < -0.3 is 0 Å². The normalized spacial score (nSPS) is 13.5. The van der Waals surface area contributed by atoms with Gasteiger partial charge in [0.2, 0.25) is 0 Å². The summed E-state index contributed by atoms with van der Waals surface area (Å²) < 4.78 is 25.2. The van der Waals surface area contributed by atoms with Gasteiger partial charge in [-0.1, -0.05) is 20.8 Å². The maximum absolute atomic E-state index is 10.4. The first-order valence-corrected chi connectivity index (χ1v) is 5.14. The molecule has 0 unspecified atom stereocenters. The van der Waals surface area contributed by atoms with Crippen LogP contribution in [0.4, 0.5) is 0 Å². The molecule has 0 saturated carbocycles. The molecule has 0 aromatic heterocycles.